The maximum atomic E-state index is 10.0. The molecule has 0 bridgehead atoms. The highest BCUT2D eigenvalue weighted by Crippen LogP contribution is 2.20. The summed E-state index contributed by atoms with van der Waals surface area (Å²) in [6, 6.07) is 0. The van der Waals surface area contributed by atoms with E-state index in [-0.39, 0.29) is 6.10 Å². The average molecular weight is 227 g/mol. The Bertz CT molecular complexity index is 307. The number of rotatable bonds is 3. The van der Waals surface area contributed by atoms with Crippen LogP contribution in [0.2, 0.25) is 0 Å². The van der Waals surface area contributed by atoms with Crippen molar-refractivity contribution < 1.29 is 9.84 Å². The number of hydrogen-bond donors (Lipinski definition) is 1. The molecule has 2 rings (SSSR count). The molecule has 1 aliphatic heterocycles. The smallest absolute Gasteiger partial charge is 0.0897 e. The van der Waals surface area contributed by atoms with Crippen LogP contribution in [-0.4, -0.2) is 29.4 Å². The normalized spacial score (nSPS) is 24.0. The van der Waals surface area contributed by atoms with Crippen LogP contribution in [0, 0.1) is 12.8 Å². The minimum absolute atomic E-state index is 0.292. The zero-order valence-corrected chi connectivity index (χ0v) is 9.80. The van der Waals surface area contributed by atoms with E-state index in [1.54, 1.807) is 11.3 Å². The molecule has 0 saturated carbocycles. The lowest BCUT2D eigenvalue weighted by Crippen LogP contribution is -2.30. The Morgan fingerprint density at radius 1 is 1.73 bits per heavy atom. The van der Waals surface area contributed by atoms with Gasteiger partial charge in [-0.05, 0) is 19.8 Å². The molecule has 1 saturated heterocycles. The van der Waals surface area contributed by atoms with Gasteiger partial charge in [0.25, 0.3) is 0 Å². The first-order valence-corrected chi connectivity index (χ1v) is 6.30. The molecule has 0 radical (unpaired) electrons. The van der Waals surface area contributed by atoms with Crippen molar-refractivity contribution in [3.63, 3.8) is 0 Å². The highest BCUT2D eigenvalue weighted by Gasteiger charge is 2.23. The lowest BCUT2D eigenvalue weighted by molar-refractivity contribution is -0.00874. The molecule has 1 aliphatic rings. The first-order chi connectivity index (χ1) is 7.25. The van der Waals surface area contributed by atoms with E-state index < -0.39 is 0 Å². The van der Waals surface area contributed by atoms with Crippen molar-refractivity contribution in [3.05, 3.63) is 16.1 Å². The van der Waals surface area contributed by atoms with Gasteiger partial charge < -0.3 is 9.84 Å². The summed E-state index contributed by atoms with van der Waals surface area (Å²) in [5, 5.41) is 13.1. The van der Waals surface area contributed by atoms with E-state index in [4.69, 9.17) is 4.74 Å². The summed E-state index contributed by atoms with van der Waals surface area (Å²) >= 11 is 1.64. The van der Waals surface area contributed by atoms with E-state index in [9.17, 15) is 5.11 Å². The third kappa shape index (κ3) is 3.00. The third-order valence-electron chi connectivity index (χ3n) is 2.82. The molecular formula is C11H17NO2S. The number of nitrogens with zero attached hydrogens (tertiary/aromatic N) is 1. The number of thiazole rings is 1. The molecule has 1 fully saturated rings. The number of ether oxygens (including phenoxy) is 1. The van der Waals surface area contributed by atoms with E-state index in [0.717, 1.165) is 30.2 Å². The first-order valence-electron chi connectivity index (χ1n) is 5.42. The highest BCUT2D eigenvalue weighted by molar-refractivity contribution is 7.09. The second-order valence-electron chi connectivity index (χ2n) is 4.11. The standard InChI is InChI=1S/C11H17NO2S/c1-8-12-10(7-15-8)5-11(13)9-3-2-4-14-6-9/h7,9,11,13H,2-6H2,1H3. The minimum atomic E-state index is -0.299. The summed E-state index contributed by atoms with van der Waals surface area (Å²) in [6.45, 7) is 3.54. The summed E-state index contributed by atoms with van der Waals surface area (Å²) in [5.41, 5.74) is 1.01. The van der Waals surface area contributed by atoms with Gasteiger partial charge in [0, 0.05) is 24.3 Å². The Morgan fingerprint density at radius 3 is 3.20 bits per heavy atom. The topological polar surface area (TPSA) is 42.4 Å². The summed E-state index contributed by atoms with van der Waals surface area (Å²) in [7, 11) is 0. The zero-order chi connectivity index (χ0) is 10.7. The Hall–Kier alpha value is -0.450. The van der Waals surface area contributed by atoms with Gasteiger partial charge in [0.15, 0.2) is 0 Å². The Kier molecular flexibility index (Phi) is 3.72. The predicted octanol–water partition coefficient (Wildman–Crippen LogP) is 1.78. The Labute approximate surface area is 94.1 Å². The number of aromatic nitrogens is 1. The summed E-state index contributed by atoms with van der Waals surface area (Å²) in [5.74, 6) is 0.292. The molecule has 3 nitrogen and oxygen atoms in total. The predicted molar refractivity (Wildman–Crippen MR) is 60.1 cm³/mol. The second-order valence-corrected chi connectivity index (χ2v) is 5.17. The van der Waals surface area contributed by atoms with Crippen molar-refractivity contribution in [2.45, 2.75) is 32.3 Å². The van der Waals surface area contributed by atoms with Gasteiger partial charge in [-0.25, -0.2) is 4.98 Å². The monoisotopic (exact) mass is 227 g/mol. The van der Waals surface area contributed by atoms with Crippen molar-refractivity contribution in [2.24, 2.45) is 5.92 Å². The van der Waals surface area contributed by atoms with Crippen LogP contribution >= 0.6 is 11.3 Å². The van der Waals surface area contributed by atoms with Gasteiger partial charge in [0.2, 0.25) is 0 Å². The number of aliphatic hydroxyl groups excluding tert-OH is 1. The molecule has 2 unspecified atom stereocenters. The number of aliphatic hydroxyl groups is 1. The third-order valence-corrected chi connectivity index (χ3v) is 3.65. The van der Waals surface area contributed by atoms with Gasteiger partial charge in [0.1, 0.15) is 0 Å². The molecule has 1 N–H and O–H groups in total. The molecule has 2 atom stereocenters. The maximum absolute atomic E-state index is 10.0. The van der Waals surface area contributed by atoms with Crippen LogP contribution in [0.4, 0.5) is 0 Å². The quantitative estimate of drug-likeness (QED) is 0.856. The molecular weight excluding hydrogens is 210 g/mol. The molecule has 0 aliphatic carbocycles. The van der Waals surface area contributed by atoms with Crippen LogP contribution in [0.15, 0.2) is 5.38 Å². The molecule has 1 aromatic heterocycles. The van der Waals surface area contributed by atoms with E-state index in [1.165, 1.54) is 0 Å². The lowest BCUT2D eigenvalue weighted by Gasteiger charge is -2.26. The van der Waals surface area contributed by atoms with E-state index in [1.807, 2.05) is 12.3 Å². The number of aryl methyl sites for hydroxylation is 1. The fourth-order valence-corrected chi connectivity index (χ4v) is 2.58. The molecule has 0 amide bonds. The highest BCUT2D eigenvalue weighted by atomic mass is 32.1. The van der Waals surface area contributed by atoms with Crippen LogP contribution in [0.25, 0.3) is 0 Å². The maximum Gasteiger partial charge on any atom is 0.0897 e. The number of hydrogen-bond acceptors (Lipinski definition) is 4. The zero-order valence-electron chi connectivity index (χ0n) is 8.98. The van der Waals surface area contributed by atoms with Crippen LogP contribution in [0.5, 0.6) is 0 Å². The summed E-state index contributed by atoms with van der Waals surface area (Å²) < 4.78 is 5.37. The van der Waals surface area contributed by atoms with Gasteiger partial charge in [-0.15, -0.1) is 11.3 Å². The van der Waals surface area contributed by atoms with Crippen molar-refractivity contribution in [1.29, 1.82) is 0 Å². The molecule has 1 aromatic rings. The molecule has 0 spiro atoms. The van der Waals surface area contributed by atoms with Gasteiger partial charge in [-0.2, -0.15) is 0 Å². The molecule has 2 heterocycles. The fraction of sp³-hybridized carbons (Fsp3) is 0.727. The average Bonchev–Trinajstić information content (AvgIpc) is 2.65. The SMILES string of the molecule is Cc1nc(CC(O)C2CCCOC2)cs1. The largest absolute Gasteiger partial charge is 0.392 e. The van der Waals surface area contributed by atoms with Gasteiger partial charge in [-0.1, -0.05) is 0 Å². The lowest BCUT2D eigenvalue weighted by atomic mass is 9.93. The Balaban J connectivity index is 1.88. The van der Waals surface area contributed by atoms with Gasteiger partial charge >= 0.3 is 0 Å². The summed E-state index contributed by atoms with van der Waals surface area (Å²) in [6.07, 6.45) is 2.51. The Morgan fingerprint density at radius 2 is 2.60 bits per heavy atom. The fourth-order valence-electron chi connectivity index (χ4n) is 1.95. The van der Waals surface area contributed by atoms with Gasteiger partial charge in [0.05, 0.1) is 23.4 Å². The van der Waals surface area contributed by atoms with Gasteiger partial charge in [-0.3, -0.25) is 0 Å². The van der Waals surface area contributed by atoms with E-state index >= 15 is 0 Å². The molecule has 0 aromatic carbocycles. The minimum Gasteiger partial charge on any atom is -0.392 e. The second kappa shape index (κ2) is 5.05. The van der Waals surface area contributed by atoms with Crippen LogP contribution in [-0.2, 0) is 11.2 Å². The summed E-state index contributed by atoms with van der Waals surface area (Å²) in [4.78, 5) is 4.36. The molecule has 84 valence electrons. The van der Waals surface area contributed by atoms with Crippen LogP contribution < -0.4 is 0 Å². The molecule has 15 heavy (non-hydrogen) atoms. The van der Waals surface area contributed by atoms with E-state index in [2.05, 4.69) is 4.98 Å². The van der Waals surface area contributed by atoms with Crippen molar-refractivity contribution in [2.75, 3.05) is 13.2 Å². The van der Waals surface area contributed by atoms with E-state index in [0.29, 0.717) is 18.9 Å². The van der Waals surface area contributed by atoms with Crippen molar-refractivity contribution in [1.82, 2.24) is 4.98 Å². The first kappa shape index (κ1) is 11.0. The van der Waals surface area contributed by atoms with Crippen LogP contribution in [0.1, 0.15) is 23.5 Å². The van der Waals surface area contributed by atoms with Crippen LogP contribution in [0.3, 0.4) is 0 Å². The van der Waals surface area contributed by atoms with Crippen molar-refractivity contribution >= 4 is 11.3 Å². The van der Waals surface area contributed by atoms with Crippen molar-refractivity contribution in [3.8, 4) is 0 Å². The molecule has 4 heteroatoms.